The van der Waals surface area contributed by atoms with Crippen molar-refractivity contribution in [1.82, 2.24) is 14.5 Å². The number of imidazole rings is 1. The Kier molecular flexibility index (Phi) is 4.91. The normalized spacial score (nSPS) is 15.6. The Hall–Kier alpha value is -3.08. The lowest BCUT2D eigenvalue weighted by atomic mass is 10.0. The van der Waals surface area contributed by atoms with Gasteiger partial charge in [0.25, 0.3) is 0 Å². The molecule has 0 unspecified atom stereocenters. The summed E-state index contributed by atoms with van der Waals surface area (Å²) < 4.78 is 41.5. The molecule has 0 radical (unpaired) electrons. The van der Waals surface area contributed by atoms with E-state index in [-0.39, 0.29) is 17.4 Å². The van der Waals surface area contributed by atoms with Gasteiger partial charge in [0.05, 0.1) is 16.6 Å². The predicted octanol–water partition coefficient (Wildman–Crippen LogP) is 4.73. The standard InChI is InChI=1S/C21H20F3N5/c1-2-19-26-16-5-3-4-6-17(16)29(19)15-9-11-28(12-10-15)20-14(13-25)7-8-18(27-20)21(22,23)24/h3-8,15H,2,9-12H2,1H3. The van der Waals surface area contributed by atoms with Gasteiger partial charge < -0.3 is 9.47 Å². The predicted molar refractivity (Wildman–Crippen MR) is 104 cm³/mol. The average molecular weight is 399 g/mol. The van der Waals surface area contributed by atoms with Crippen LogP contribution in [0, 0.1) is 11.3 Å². The average Bonchev–Trinajstić information content (AvgIpc) is 3.11. The van der Waals surface area contributed by atoms with Crippen LogP contribution in [-0.4, -0.2) is 27.6 Å². The molecule has 0 bridgehead atoms. The van der Waals surface area contributed by atoms with E-state index in [4.69, 9.17) is 4.98 Å². The molecule has 0 spiro atoms. The molecule has 1 fully saturated rings. The van der Waals surface area contributed by atoms with Crippen molar-refractivity contribution in [2.24, 2.45) is 0 Å². The van der Waals surface area contributed by atoms with Gasteiger partial charge in [0.1, 0.15) is 23.4 Å². The summed E-state index contributed by atoms with van der Waals surface area (Å²) in [5, 5.41) is 9.32. The molecule has 8 heteroatoms. The second-order valence-corrected chi connectivity index (χ2v) is 7.14. The lowest BCUT2D eigenvalue weighted by Gasteiger charge is -2.35. The molecule has 150 valence electrons. The van der Waals surface area contributed by atoms with E-state index in [1.165, 1.54) is 6.07 Å². The number of para-hydroxylation sites is 2. The lowest BCUT2D eigenvalue weighted by molar-refractivity contribution is -0.141. The number of hydrogen-bond donors (Lipinski definition) is 0. The zero-order valence-electron chi connectivity index (χ0n) is 15.9. The van der Waals surface area contributed by atoms with Gasteiger partial charge in [-0.3, -0.25) is 0 Å². The lowest BCUT2D eigenvalue weighted by Crippen LogP contribution is -2.36. The number of alkyl halides is 3. The molecule has 5 nitrogen and oxygen atoms in total. The minimum absolute atomic E-state index is 0.118. The molecule has 29 heavy (non-hydrogen) atoms. The Morgan fingerprint density at radius 2 is 1.83 bits per heavy atom. The first-order valence-electron chi connectivity index (χ1n) is 9.61. The van der Waals surface area contributed by atoms with Crippen molar-refractivity contribution in [3.8, 4) is 6.07 Å². The first kappa shape index (κ1) is 19.2. The highest BCUT2D eigenvalue weighted by atomic mass is 19.4. The number of aryl methyl sites for hydroxylation is 1. The van der Waals surface area contributed by atoms with Crippen molar-refractivity contribution in [1.29, 1.82) is 5.26 Å². The van der Waals surface area contributed by atoms with Gasteiger partial charge in [-0.1, -0.05) is 19.1 Å². The Morgan fingerprint density at radius 3 is 2.48 bits per heavy atom. The molecular weight excluding hydrogens is 379 g/mol. The maximum Gasteiger partial charge on any atom is 0.433 e. The molecule has 0 atom stereocenters. The fourth-order valence-corrected chi connectivity index (χ4v) is 4.02. The summed E-state index contributed by atoms with van der Waals surface area (Å²) in [6.07, 6.45) is -2.23. The van der Waals surface area contributed by atoms with Crippen molar-refractivity contribution in [3.63, 3.8) is 0 Å². The molecular formula is C21H20F3N5. The Bertz CT molecular complexity index is 1070. The first-order chi connectivity index (χ1) is 13.9. The zero-order valence-corrected chi connectivity index (χ0v) is 15.9. The van der Waals surface area contributed by atoms with Crippen LogP contribution in [0.1, 0.15) is 42.9 Å². The fraction of sp³-hybridized carbons (Fsp3) is 0.381. The van der Waals surface area contributed by atoms with E-state index in [1.54, 1.807) is 4.90 Å². The summed E-state index contributed by atoms with van der Waals surface area (Å²) in [4.78, 5) is 10.3. The fourth-order valence-electron chi connectivity index (χ4n) is 4.02. The number of nitriles is 1. The summed E-state index contributed by atoms with van der Waals surface area (Å²) in [6, 6.07) is 12.2. The van der Waals surface area contributed by atoms with E-state index in [1.807, 2.05) is 24.3 Å². The van der Waals surface area contributed by atoms with E-state index in [0.29, 0.717) is 13.1 Å². The van der Waals surface area contributed by atoms with Gasteiger partial charge in [0, 0.05) is 25.6 Å². The van der Waals surface area contributed by atoms with Gasteiger partial charge in [-0.05, 0) is 37.1 Å². The van der Waals surface area contributed by atoms with Gasteiger partial charge >= 0.3 is 6.18 Å². The van der Waals surface area contributed by atoms with Crippen molar-refractivity contribution in [2.75, 3.05) is 18.0 Å². The third-order valence-electron chi connectivity index (χ3n) is 5.40. The Balaban J connectivity index is 1.61. The maximum absolute atomic E-state index is 13.1. The van der Waals surface area contributed by atoms with Crippen molar-refractivity contribution >= 4 is 16.9 Å². The van der Waals surface area contributed by atoms with Crippen LogP contribution in [0.25, 0.3) is 11.0 Å². The molecule has 1 saturated heterocycles. The molecule has 3 heterocycles. The first-order valence-corrected chi connectivity index (χ1v) is 9.61. The van der Waals surface area contributed by atoms with E-state index in [0.717, 1.165) is 42.2 Å². The van der Waals surface area contributed by atoms with Gasteiger partial charge in [-0.25, -0.2) is 9.97 Å². The van der Waals surface area contributed by atoms with Crippen molar-refractivity contribution in [3.05, 3.63) is 53.5 Å². The SMILES string of the molecule is CCc1nc2ccccc2n1C1CCN(c2nc(C(F)(F)F)ccc2C#N)CC1. The number of benzene rings is 1. The van der Waals surface area contributed by atoms with E-state index in [9.17, 15) is 18.4 Å². The molecule has 0 saturated carbocycles. The van der Waals surface area contributed by atoms with Crippen LogP contribution in [0.15, 0.2) is 36.4 Å². The van der Waals surface area contributed by atoms with Gasteiger partial charge in [-0.15, -0.1) is 0 Å². The molecule has 0 aliphatic carbocycles. The minimum atomic E-state index is -4.53. The Morgan fingerprint density at radius 1 is 1.10 bits per heavy atom. The number of hydrogen-bond acceptors (Lipinski definition) is 4. The molecule has 4 rings (SSSR count). The molecule has 2 aromatic heterocycles. The number of anilines is 1. The highest BCUT2D eigenvalue weighted by Gasteiger charge is 2.34. The number of halogens is 3. The second kappa shape index (κ2) is 7.39. The topological polar surface area (TPSA) is 57.7 Å². The van der Waals surface area contributed by atoms with Crippen LogP contribution in [-0.2, 0) is 12.6 Å². The number of pyridine rings is 1. The van der Waals surface area contributed by atoms with Crippen molar-refractivity contribution in [2.45, 2.75) is 38.4 Å². The van der Waals surface area contributed by atoms with E-state index in [2.05, 4.69) is 22.5 Å². The third kappa shape index (κ3) is 3.53. The van der Waals surface area contributed by atoms with Crippen LogP contribution in [0.5, 0.6) is 0 Å². The monoisotopic (exact) mass is 399 g/mol. The molecule has 0 amide bonds. The number of nitrogens with zero attached hydrogens (tertiary/aromatic N) is 5. The molecule has 0 N–H and O–H groups in total. The molecule has 1 aliphatic heterocycles. The number of piperidine rings is 1. The number of rotatable bonds is 3. The van der Waals surface area contributed by atoms with Crippen LogP contribution < -0.4 is 4.90 Å². The van der Waals surface area contributed by atoms with E-state index >= 15 is 0 Å². The van der Waals surface area contributed by atoms with E-state index < -0.39 is 11.9 Å². The molecule has 1 aromatic carbocycles. The van der Waals surface area contributed by atoms with Gasteiger partial charge in [0.2, 0.25) is 0 Å². The highest BCUT2D eigenvalue weighted by molar-refractivity contribution is 5.76. The molecule has 3 aromatic rings. The largest absolute Gasteiger partial charge is 0.433 e. The van der Waals surface area contributed by atoms with Gasteiger partial charge in [-0.2, -0.15) is 18.4 Å². The smallest absolute Gasteiger partial charge is 0.355 e. The summed E-state index contributed by atoms with van der Waals surface area (Å²) in [7, 11) is 0. The zero-order chi connectivity index (χ0) is 20.6. The summed E-state index contributed by atoms with van der Waals surface area (Å²) in [5.41, 5.74) is 1.23. The molecule has 1 aliphatic rings. The third-order valence-corrected chi connectivity index (χ3v) is 5.40. The second-order valence-electron chi connectivity index (χ2n) is 7.14. The van der Waals surface area contributed by atoms with Gasteiger partial charge in [0.15, 0.2) is 0 Å². The van der Waals surface area contributed by atoms with Crippen molar-refractivity contribution < 1.29 is 13.2 Å². The highest BCUT2D eigenvalue weighted by Crippen LogP contribution is 2.34. The number of fused-ring (bicyclic) bond motifs is 1. The minimum Gasteiger partial charge on any atom is -0.355 e. The van der Waals surface area contributed by atoms with Crippen LogP contribution in [0.3, 0.4) is 0 Å². The number of aromatic nitrogens is 3. The van der Waals surface area contributed by atoms with Crippen LogP contribution in [0.4, 0.5) is 19.0 Å². The summed E-state index contributed by atoms with van der Waals surface area (Å²) in [5.74, 6) is 1.13. The summed E-state index contributed by atoms with van der Waals surface area (Å²) >= 11 is 0. The summed E-state index contributed by atoms with van der Waals surface area (Å²) in [6.45, 7) is 3.13. The maximum atomic E-state index is 13.1. The Labute approximate surface area is 166 Å². The van der Waals surface area contributed by atoms with Crippen LogP contribution in [0.2, 0.25) is 0 Å². The quantitative estimate of drug-likeness (QED) is 0.639. The van der Waals surface area contributed by atoms with Crippen LogP contribution >= 0.6 is 0 Å².